The molecule has 1 atom stereocenters. The number of nitrogens with two attached hydrogens (primary N) is 1. The summed E-state index contributed by atoms with van der Waals surface area (Å²) < 4.78 is 38.4. The fourth-order valence-electron chi connectivity index (χ4n) is 2.35. The van der Waals surface area contributed by atoms with Crippen molar-refractivity contribution in [1.29, 1.82) is 0 Å². The van der Waals surface area contributed by atoms with Crippen LogP contribution in [0.15, 0.2) is 18.2 Å². The van der Waals surface area contributed by atoms with Crippen molar-refractivity contribution in [1.82, 2.24) is 0 Å². The number of hydrogen-bond donors (Lipinski definition) is 1. The Labute approximate surface area is 98.8 Å². The summed E-state index contributed by atoms with van der Waals surface area (Å²) >= 11 is 0. The summed E-state index contributed by atoms with van der Waals surface area (Å²) in [6.45, 7) is 5.41. The van der Waals surface area contributed by atoms with Gasteiger partial charge in [-0.25, -0.2) is 0 Å². The summed E-state index contributed by atoms with van der Waals surface area (Å²) in [6, 6.07) is 4.41. The molecule has 1 unspecified atom stereocenters. The van der Waals surface area contributed by atoms with Crippen LogP contribution in [0.2, 0.25) is 0 Å². The number of rotatable bonds is 1. The molecule has 17 heavy (non-hydrogen) atoms. The van der Waals surface area contributed by atoms with Crippen molar-refractivity contribution < 1.29 is 13.2 Å². The molecule has 0 amide bonds. The highest BCUT2D eigenvalue weighted by Gasteiger charge is 2.59. The third-order valence-electron chi connectivity index (χ3n) is 3.86. The second kappa shape index (κ2) is 3.25. The van der Waals surface area contributed by atoms with Gasteiger partial charge in [0.2, 0.25) is 0 Å². The highest BCUT2D eigenvalue weighted by atomic mass is 19.4. The Morgan fingerprint density at radius 2 is 1.76 bits per heavy atom. The number of aryl methyl sites for hydroxylation is 1. The molecule has 1 aromatic rings. The zero-order chi connectivity index (χ0) is 13.1. The summed E-state index contributed by atoms with van der Waals surface area (Å²) in [4.78, 5) is 0. The van der Waals surface area contributed by atoms with E-state index < -0.39 is 17.3 Å². The molecule has 0 spiro atoms. The minimum absolute atomic E-state index is 0.120. The Balaban J connectivity index is 2.47. The van der Waals surface area contributed by atoms with Gasteiger partial charge in [0.05, 0.1) is 5.56 Å². The maximum absolute atomic E-state index is 12.8. The van der Waals surface area contributed by atoms with Gasteiger partial charge in [0.15, 0.2) is 0 Å². The van der Waals surface area contributed by atoms with Crippen molar-refractivity contribution in [3.8, 4) is 0 Å². The fraction of sp³-hybridized carbons (Fsp3) is 0.538. The highest BCUT2D eigenvalue weighted by Crippen LogP contribution is 2.60. The van der Waals surface area contributed by atoms with Crippen LogP contribution < -0.4 is 5.73 Å². The van der Waals surface area contributed by atoms with Gasteiger partial charge in [-0.1, -0.05) is 26.0 Å². The van der Waals surface area contributed by atoms with Gasteiger partial charge in [-0.15, -0.1) is 0 Å². The quantitative estimate of drug-likeness (QED) is 0.801. The lowest BCUT2D eigenvalue weighted by atomic mass is 9.93. The van der Waals surface area contributed by atoms with E-state index in [1.807, 2.05) is 13.8 Å². The maximum atomic E-state index is 12.8. The lowest BCUT2D eigenvalue weighted by Gasteiger charge is -2.18. The number of benzene rings is 1. The highest BCUT2D eigenvalue weighted by molar-refractivity contribution is 5.41. The normalized spacial score (nSPS) is 27.0. The third kappa shape index (κ3) is 1.84. The second-order valence-electron chi connectivity index (χ2n) is 5.56. The molecule has 0 aromatic heterocycles. The first-order valence-corrected chi connectivity index (χ1v) is 5.55. The van der Waals surface area contributed by atoms with Crippen molar-refractivity contribution in [3.05, 3.63) is 34.9 Å². The van der Waals surface area contributed by atoms with E-state index in [4.69, 9.17) is 5.73 Å². The van der Waals surface area contributed by atoms with E-state index in [-0.39, 0.29) is 11.0 Å². The molecule has 0 heterocycles. The van der Waals surface area contributed by atoms with Gasteiger partial charge >= 0.3 is 6.18 Å². The van der Waals surface area contributed by atoms with E-state index in [0.29, 0.717) is 5.56 Å². The molecule has 1 nitrogen and oxygen atoms in total. The van der Waals surface area contributed by atoms with Crippen LogP contribution in [0, 0.1) is 12.3 Å². The largest absolute Gasteiger partial charge is 0.416 e. The first-order chi connectivity index (χ1) is 7.58. The molecule has 94 valence electrons. The van der Waals surface area contributed by atoms with Gasteiger partial charge in [-0.2, -0.15) is 13.2 Å². The van der Waals surface area contributed by atoms with Crippen molar-refractivity contribution in [2.45, 2.75) is 38.9 Å². The zero-order valence-corrected chi connectivity index (χ0v) is 10.2. The fourth-order valence-corrected chi connectivity index (χ4v) is 2.35. The van der Waals surface area contributed by atoms with Crippen LogP contribution in [0.3, 0.4) is 0 Å². The Morgan fingerprint density at radius 3 is 2.18 bits per heavy atom. The summed E-state index contributed by atoms with van der Waals surface area (Å²) in [5.74, 6) is 0. The SMILES string of the molecule is Cc1ccc(C2(N)CC2(C)C)cc1C(F)(F)F. The standard InChI is InChI=1S/C13H16F3N/c1-8-4-5-9(6-10(8)13(14,15)16)12(17)7-11(12,2)3/h4-6H,7,17H2,1-3H3. The van der Waals surface area contributed by atoms with Gasteiger partial charge in [-0.05, 0) is 36.0 Å². The molecule has 0 bridgehead atoms. The first-order valence-electron chi connectivity index (χ1n) is 5.55. The first kappa shape index (κ1) is 12.4. The van der Waals surface area contributed by atoms with Crippen LogP contribution in [-0.2, 0) is 11.7 Å². The topological polar surface area (TPSA) is 26.0 Å². The smallest absolute Gasteiger partial charge is 0.321 e. The van der Waals surface area contributed by atoms with Gasteiger partial charge in [0, 0.05) is 5.54 Å². The van der Waals surface area contributed by atoms with E-state index in [9.17, 15) is 13.2 Å². The van der Waals surface area contributed by atoms with Crippen LogP contribution in [0.5, 0.6) is 0 Å². The van der Waals surface area contributed by atoms with E-state index in [1.54, 1.807) is 6.07 Å². The summed E-state index contributed by atoms with van der Waals surface area (Å²) in [7, 11) is 0. The van der Waals surface area contributed by atoms with Crippen LogP contribution in [0.25, 0.3) is 0 Å². The maximum Gasteiger partial charge on any atom is 0.416 e. The lowest BCUT2D eigenvalue weighted by Crippen LogP contribution is -2.26. The molecule has 1 aromatic carbocycles. The van der Waals surface area contributed by atoms with Crippen LogP contribution in [-0.4, -0.2) is 0 Å². The molecule has 2 N–H and O–H groups in total. The Hall–Kier alpha value is -1.03. The van der Waals surface area contributed by atoms with E-state index >= 15 is 0 Å². The molecular formula is C13H16F3N. The molecule has 1 fully saturated rings. The van der Waals surface area contributed by atoms with Gasteiger partial charge in [-0.3, -0.25) is 0 Å². The minimum Gasteiger partial charge on any atom is -0.321 e. The molecule has 0 radical (unpaired) electrons. The average molecular weight is 243 g/mol. The van der Waals surface area contributed by atoms with E-state index in [1.165, 1.54) is 19.1 Å². The Morgan fingerprint density at radius 1 is 1.24 bits per heavy atom. The van der Waals surface area contributed by atoms with Crippen molar-refractivity contribution in [2.24, 2.45) is 11.1 Å². The number of halogens is 3. The number of alkyl halides is 3. The summed E-state index contributed by atoms with van der Waals surface area (Å²) in [5.41, 5.74) is 5.65. The van der Waals surface area contributed by atoms with Gasteiger partial charge in [0.25, 0.3) is 0 Å². The Bertz CT molecular complexity index is 462. The molecule has 4 heteroatoms. The van der Waals surface area contributed by atoms with Gasteiger partial charge < -0.3 is 5.73 Å². The molecule has 1 saturated carbocycles. The molecule has 1 aliphatic carbocycles. The minimum atomic E-state index is -4.31. The summed E-state index contributed by atoms with van der Waals surface area (Å²) in [6.07, 6.45) is -3.59. The second-order valence-corrected chi connectivity index (χ2v) is 5.56. The Kier molecular flexibility index (Phi) is 2.38. The molecule has 1 aliphatic rings. The van der Waals surface area contributed by atoms with Crippen LogP contribution in [0.1, 0.15) is 37.0 Å². The van der Waals surface area contributed by atoms with E-state index in [0.717, 1.165) is 6.42 Å². The lowest BCUT2D eigenvalue weighted by molar-refractivity contribution is -0.138. The number of hydrogen-bond acceptors (Lipinski definition) is 1. The van der Waals surface area contributed by atoms with Crippen molar-refractivity contribution in [3.63, 3.8) is 0 Å². The molecule has 0 aliphatic heterocycles. The van der Waals surface area contributed by atoms with Crippen LogP contribution in [0.4, 0.5) is 13.2 Å². The predicted molar refractivity (Wildman–Crippen MR) is 60.4 cm³/mol. The third-order valence-corrected chi connectivity index (χ3v) is 3.86. The average Bonchev–Trinajstić information content (AvgIpc) is 2.65. The van der Waals surface area contributed by atoms with Gasteiger partial charge in [0.1, 0.15) is 0 Å². The van der Waals surface area contributed by atoms with Crippen LogP contribution >= 0.6 is 0 Å². The molecule has 0 saturated heterocycles. The monoisotopic (exact) mass is 243 g/mol. The molecular weight excluding hydrogens is 227 g/mol. The molecule has 2 rings (SSSR count). The summed E-state index contributed by atoms with van der Waals surface area (Å²) in [5, 5.41) is 0. The van der Waals surface area contributed by atoms with E-state index in [2.05, 4.69) is 0 Å². The zero-order valence-electron chi connectivity index (χ0n) is 10.2. The predicted octanol–water partition coefficient (Wildman–Crippen LogP) is 3.60. The van der Waals surface area contributed by atoms with Crippen molar-refractivity contribution in [2.75, 3.05) is 0 Å². The van der Waals surface area contributed by atoms with Crippen molar-refractivity contribution >= 4 is 0 Å².